The first-order valence-corrected chi connectivity index (χ1v) is 13.1. The van der Waals surface area contributed by atoms with Gasteiger partial charge in [0.2, 0.25) is 0 Å². The van der Waals surface area contributed by atoms with Gasteiger partial charge in [0.05, 0.1) is 0 Å². The van der Waals surface area contributed by atoms with E-state index >= 15 is 0 Å². The van der Waals surface area contributed by atoms with Crippen molar-refractivity contribution in [3.63, 3.8) is 0 Å². The summed E-state index contributed by atoms with van der Waals surface area (Å²) in [7, 11) is 1.94. The molecule has 1 heterocycles. The molecule has 1 N–H and O–H groups in total. The van der Waals surface area contributed by atoms with Gasteiger partial charge in [0.25, 0.3) is 11.8 Å². The molecular weight excluding hydrogens is 384 g/mol. The van der Waals surface area contributed by atoms with E-state index in [9.17, 15) is 9.59 Å². The Labute approximate surface area is 188 Å². The monoisotopic (exact) mass is 426 g/mol. The molecule has 0 saturated heterocycles. The lowest BCUT2D eigenvalue weighted by Crippen LogP contribution is -2.61. The van der Waals surface area contributed by atoms with Crippen LogP contribution in [0.2, 0.25) is 0 Å². The molecule has 1 unspecified atom stereocenters. The molecule has 5 aliphatic rings. The first kappa shape index (κ1) is 21.5. The third kappa shape index (κ3) is 3.47. The number of likely N-dealkylation sites (N-methyl/N-ethyl adjacent to an activating group) is 1. The van der Waals surface area contributed by atoms with Crippen LogP contribution < -0.4 is 5.32 Å². The van der Waals surface area contributed by atoms with Crippen LogP contribution in [0.15, 0.2) is 11.6 Å². The number of fused-ring (bicyclic) bond motifs is 5. The lowest BCUT2D eigenvalue weighted by Gasteiger charge is -2.60. The highest BCUT2D eigenvalue weighted by Gasteiger charge is 2.59. The van der Waals surface area contributed by atoms with Crippen LogP contribution in [0.3, 0.4) is 0 Å². The lowest BCUT2D eigenvalue weighted by atomic mass is 9.48. The van der Waals surface area contributed by atoms with E-state index in [1.54, 1.807) is 0 Å². The Morgan fingerprint density at radius 2 is 1.77 bits per heavy atom. The number of hydrogen-bond donors (Lipinski definition) is 1. The maximum atomic E-state index is 13.2. The fourth-order valence-electron chi connectivity index (χ4n) is 8.77. The summed E-state index contributed by atoms with van der Waals surface area (Å²) >= 11 is 0. The highest BCUT2D eigenvalue weighted by atomic mass is 16.2. The predicted molar refractivity (Wildman–Crippen MR) is 123 cm³/mol. The van der Waals surface area contributed by atoms with Crippen LogP contribution in [0.25, 0.3) is 0 Å². The van der Waals surface area contributed by atoms with Crippen molar-refractivity contribution in [3.8, 4) is 0 Å². The predicted octanol–water partition coefficient (Wildman–Crippen LogP) is 5.08. The minimum Gasteiger partial charge on any atom is -0.352 e. The van der Waals surface area contributed by atoms with Gasteiger partial charge in [-0.15, -0.1) is 0 Å². The molecule has 5 rings (SSSR count). The number of nitrogens with one attached hydrogen (secondary N) is 1. The molecule has 31 heavy (non-hydrogen) atoms. The van der Waals surface area contributed by atoms with Crippen molar-refractivity contribution in [3.05, 3.63) is 11.6 Å². The van der Waals surface area contributed by atoms with Gasteiger partial charge in [0, 0.05) is 25.0 Å². The van der Waals surface area contributed by atoms with Gasteiger partial charge >= 0.3 is 0 Å². The van der Waals surface area contributed by atoms with Gasteiger partial charge in [-0.3, -0.25) is 9.59 Å². The number of hydrogen-bond acceptors (Lipinski definition) is 2. The molecule has 0 spiro atoms. The standard InChI is InChI=1S/C27H42N2O2/c1-26-14-7-10-21(26)19-11-12-23-27(2,22(19)13-15-26)16-20(25(31)29(23)3)24(30)28-17-18-8-5-4-6-9-18/h16,18-19,21-23H,4-15,17H2,1-3H3,(H,28,30)/t19-,21-,22+,23?,26-,27+/m0/s1. The van der Waals surface area contributed by atoms with Crippen LogP contribution in [0, 0.1) is 34.5 Å². The molecule has 2 amide bonds. The van der Waals surface area contributed by atoms with Crippen molar-refractivity contribution >= 4 is 11.8 Å². The van der Waals surface area contributed by atoms with Crippen molar-refractivity contribution in [2.45, 2.75) is 96.9 Å². The fraction of sp³-hybridized carbons (Fsp3) is 0.852. The summed E-state index contributed by atoms with van der Waals surface area (Å²) in [6.07, 6.45) is 17.5. The summed E-state index contributed by atoms with van der Waals surface area (Å²) in [5, 5.41) is 3.15. The maximum absolute atomic E-state index is 13.2. The van der Waals surface area contributed by atoms with Crippen molar-refractivity contribution in [2.24, 2.45) is 34.5 Å². The number of carbonyl (C=O) groups excluding carboxylic acids is 2. The average Bonchev–Trinajstić information content (AvgIpc) is 3.17. The van der Waals surface area contributed by atoms with E-state index in [1.165, 1.54) is 70.6 Å². The average molecular weight is 427 g/mol. The first-order valence-electron chi connectivity index (χ1n) is 13.1. The second-order valence-electron chi connectivity index (χ2n) is 12.1. The van der Waals surface area contributed by atoms with Gasteiger partial charge in [-0.25, -0.2) is 0 Å². The van der Waals surface area contributed by atoms with Crippen molar-refractivity contribution < 1.29 is 9.59 Å². The van der Waals surface area contributed by atoms with Crippen LogP contribution in [-0.4, -0.2) is 36.3 Å². The molecule has 4 heteroatoms. The highest BCUT2D eigenvalue weighted by molar-refractivity contribution is 6.19. The molecule has 0 aromatic rings. The molecule has 0 aromatic carbocycles. The molecule has 4 nitrogen and oxygen atoms in total. The van der Waals surface area contributed by atoms with Gasteiger partial charge < -0.3 is 10.2 Å². The Hall–Kier alpha value is -1.32. The second-order valence-corrected chi connectivity index (χ2v) is 12.1. The minimum absolute atomic E-state index is 0.0661. The van der Waals surface area contributed by atoms with E-state index < -0.39 is 0 Å². The summed E-state index contributed by atoms with van der Waals surface area (Å²) < 4.78 is 0. The van der Waals surface area contributed by atoms with Crippen molar-refractivity contribution in [2.75, 3.05) is 13.6 Å². The van der Waals surface area contributed by atoms with Crippen molar-refractivity contribution in [1.82, 2.24) is 10.2 Å². The number of rotatable bonds is 3. The van der Waals surface area contributed by atoms with Crippen LogP contribution in [0.1, 0.15) is 90.9 Å². The highest BCUT2D eigenvalue weighted by Crippen LogP contribution is 2.64. The Balaban J connectivity index is 1.39. The summed E-state index contributed by atoms with van der Waals surface area (Å²) in [6.45, 7) is 5.62. The van der Waals surface area contributed by atoms with E-state index in [-0.39, 0.29) is 23.3 Å². The molecule has 0 radical (unpaired) electrons. The van der Waals surface area contributed by atoms with E-state index in [4.69, 9.17) is 0 Å². The summed E-state index contributed by atoms with van der Waals surface area (Å²) in [6, 6.07) is 0.238. The van der Waals surface area contributed by atoms with E-state index in [2.05, 4.69) is 25.2 Å². The smallest absolute Gasteiger partial charge is 0.259 e. The number of amides is 2. The minimum atomic E-state index is -0.134. The van der Waals surface area contributed by atoms with Crippen LogP contribution >= 0.6 is 0 Å². The molecule has 0 aromatic heterocycles. The third-order valence-corrected chi connectivity index (χ3v) is 10.5. The Morgan fingerprint density at radius 3 is 2.55 bits per heavy atom. The van der Waals surface area contributed by atoms with Gasteiger partial charge in [0.1, 0.15) is 5.57 Å². The van der Waals surface area contributed by atoms with E-state index in [0.717, 1.165) is 24.8 Å². The quantitative estimate of drug-likeness (QED) is 0.640. The van der Waals surface area contributed by atoms with Crippen molar-refractivity contribution in [1.29, 1.82) is 0 Å². The van der Waals surface area contributed by atoms with Gasteiger partial charge in [-0.1, -0.05) is 45.6 Å². The normalized spacial score (nSPS) is 43.0. The SMILES string of the molecule is CN1C(=O)C(C(=O)NCC2CCCCC2)=C[C@@]2(C)C1CC[C@@H]1[C@H]2CC[C@]2(C)CCC[C@@H]12. The zero-order chi connectivity index (χ0) is 21.8. The molecule has 6 atom stereocenters. The summed E-state index contributed by atoms with van der Waals surface area (Å²) in [5.41, 5.74) is 0.870. The first-order chi connectivity index (χ1) is 14.8. The zero-order valence-corrected chi connectivity index (χ0v) is 19.9. The van der Waals surface area contributed by atoms with E-state index in [1.807, 2.05) is 11.9 Å². The van der Waals surface area contributed by atoms with Gasteiger partial charge in [-0.2, -0.15) is 0 Å². The molecule has 4 saturated carbocycles. The topological polar surface area (TPSA) is 49.4 Å². The van der Waals surface area contributed by atoms with Crippen LogP contribution in [0.4, 0.5) is 0 Å². The van der Waals surface area contributed by atoms with Gasteiger partial charge in [-0.05, 0) is 80.5 Å². The molecular formula is C27H42N2O2. The fourth-order valence-corrected chi connectivity index (χ4v) is 8.77. The molecule has 4 fully saturated rings. The zero-order valence-electron chi connectivity index (χ0n) is 19.9. The van der Waals surface area contributed by atoms with E-state index in [0.29, 0.717) is 22.8 Å². The number of nitrogens with zero attached hydrogens (tertiary/aromatic N) is 1. The molecule has 172 valence electrons. The van der Waals surface area contributed by atoms with Crippen LogP contribution in [-0.2, 0) is 9.59 Å². The Kier molecular flexibility index (Phi) is 5.50. The third-order valence-electron chi connectivity index (χ3n) is 10.5. The summed E-state index contributed by atoms with van der Waals surface area (Å²) in [5.74, 6) is 2.57. The Morgan fingerprint density at radius 1 is 1.00 bits per heavy atom. The Bertz CT molecular complexity index is 769. The molecule has 4 aliphatic carbocycles. The lowest BCUT2D eigenvalue weighted by molar-refractivity contribution is -0.141. The van der Waals surface area contributed by atoms with Crippen LogP contribution in [0.5, 0.6) is 0 Å². The van der Waals surface area contributed by atoms with Gasteiger partial charge in [0.15, 0.2) is 0 Å². The molecule has 1 aliphatic heterocycles. The molecule has 0 bridgehead atoms. The summed E-state index contributed by atoms with van der Waals surface area (Å²) in [4.78, 5) is 28.3. The maximum Gasteiger partial charge on any atom is 0.259 e. The number of carbonyl (C=O) groups is 2. The second kappa shape index (κ2) is 7.92. The largest absolute Gasteiger partial charge is 0.352 e.